The van der Waals surface area contributed by atoms with Crippen molar-refractivity contribution in [2.24, 2.45) is 0 Å². The Morgan fingerprint density at radius 2 is 1.94 bits per heavy atom. The smallest absolute Gasteiger partial charge is 0.114 e. The maximum atomic E-state index is 10.3. The summed E-state index contributed by atoms with van der Waals surface area (Å²) in [5.41, 5.74) is 0.997. The molecule has 1 atom stereocenters. The average Bonchev–Trinajstić information content (AvgIpc) is 2.75. The van der Waals surface area contributed by atoms with E-state index in [9.17, 15) is 5.11 Å². The van der Waals surface area contributed by atoms with E-state index in [1.165, 1.54) is 4.88 Å². The summed E-state index contributed by atoms with van der Waals surface area (Å²) >= 11 is 3.32. The highest BCUT2D eigenvalue weighted by atomic mass is 32.2. The van der Waals surface area contributed by atoms with Crippen LogP contribution in [0.5, 0.6) is 0 Å². The molecule has 1 N–H and O–H groups in total. The molecule has 0 amide bonds. The van der Waals surface area contributed by atoms with Gasteiger partial charge in [0.1, 0.15) is 6.10 Å². The minimum atomic E-state index is -0.498. The van der Waals surface area contributed by atoms with Crippen LogP contribution in [0.15, 0.2) is 41.3 Å². The van der Waals surface area contributed by atoms with Crippen LogP contribution in [0.2, 0.25) is 0 Å². The molecule has 1 unspecified atom stereocenters. The number of aliphatic hydroxyl groups excluding tert-OH is 1. The molecule has 0 saturated heterocycles. The molecule has 0 aliphatic heterocycles. The van der Waals surface area contributed by atoms with Gasteiger partial charge < -0.3 is 5.11 Å². The zero-order chi connectivity index (χ0) is 11.5. The standard InChI is InChI=1S/C13H14OS2/c1-9-7-8-12(16-9)13(14)10-5-3-4-6-11(10)15-2/h3-8,13-14H,1-2H3. The fourth-order valence-electron chi connectivity index (χ4n) is 1.65. The number of rotatable bonds is 3. The third kappa shape index (κ3) is 2.32. The van der Waals surface area contributed by atoms with Crippen molar-refractivity contribution in [1.82, 2.24) is 0 Å². The van der Waals surface area contributed by atoms with E-state index in [2.05, 4.69) is 6.92 Å². The van der Waals surface area contributed by atoms with Gasteiger partial charge in [0, 0.05) is 14.6 Å². The molecule has 1 aromatic heterocycles. The van der Waals surface area contributed by atoms with Gasteiger partial charge in [0.05, 0.1) is 0 Å². The zero-order valence-electron chi connectivity index (χ0n) is 9.31. The van der Waals surface area contributed by atoms with Crippen LogP contribution in [0.25, 0.3) is 0 Å². The summed E-state index contributed by atoms with van der Waals surface area (Å²) in [6, 6.07) is 12.1. The van der Waals surface area contributed by atoms with Crippen molar-refractivity contribution in [3.8, 4) is 0 Å². The van der Waals surface area contributed by atoms with Gasteiger partial charge in [-0.3, -0.25) is 0 Å². The molecule has 2 rings (SSSR count). The van der Waals surface area contributed by atoms with E-state index < -0.39 is 6.10 Å². The van der Waals surface area contributed by atoms with Crippen molar-refractivity contribution in [2.75, 3.05) is 6.26 Å². The number of hydrogen-bond acceptors (Lipinski definition) is 3. The monoisotopic (exact) mass is 250 g/mol. The first-order valence-corrected chi connectivity index (χ1v) is 7.14. The van der Waals surface area contributed by atoms with E-state index in [1.807, 2.05) is 42.7 Å². The summed E-state index contributed by atoms with van der Waals surface area (Å²) in [6.45, 7) is 2.06. The normalized spacial score (nSPS) is 12.7. The lowest BCUT2D eigenvalue weighted by molar-refractivity contribution is 0.221. The van der Waals surface area contributed by atoms with Crippen LogP contribution in [-0.2, 0) is 0 Å². The highest BCUT2D eigenvalue weighted by Gasteiger charge is 2.15. The van der Waals surface area contributed by atoms with Gasteiger partial charge in [-0.15, -0.1) is 23.1 Å². The molecule has 3 heteroatoms. The fourth-order valence-corrected chi connectivity index (χ4v) is 3.16. The van der Waals surface area contributed by atoms with E-state index in [0.717, 1.165) is 15.3 Å². The molecule has 1 nitrogen and oxygen atoms in total. The maximum absolute atomic E-state index is 10.3. The van der Waals surface area contributed by atoms with Crippen LogP contribution in [0.4, 0.5) is 0 Å². The molecule has 0 radical (unpaired) electrons. The number of aliphatic hydroxyl groups is 1. The van der Waals surface area contributed by atoms with Crippen LogP contribution in [0, 0.1) is 6.92 Å². The van der Waals surface area contributed by atoms with Gasteiger partial charge in [-0.25, -0.2) is 0 Å². The summed E-state index contributed by atoms with van der Waals surface area (Å²) in [7, 11) is 0. The van der Waals surface area contributed by atoms with E-state index >= 15 is 0 Å². The van der Waals surface area contributed by atoms with Crippen LogP contribution in [0.1, 0.15) is 21.4 Å². The summed E-state index contributed by atoms with van der Waals surface area (Å²) in [4.78, 5) is 3.38. The van der Waals surface area contributed by atoms with E-state index in [0.29, 0.717) is 0 Å². The number of aryl methyl sites for hydroxylation is 1. The van der Waals surface area contributed by atoms with Gasteiger partial charge in [0.2, 0.25) is 0 Å². The highest BCUT2D eigenvalue weighted by Crippen LogP contribution is 2.33. The first-order chi connectivity index (χ1) is 7.72. The van der Waals surface area contributed by atoms with Gasteiger partial charge in [0.25, 0.3) is 0 Å². The Morgan fingerprint density at radius 1 is 1.19 bits per heavy atom. The van der Waals surface area contributed by atoms with Gasteiger partial charge in [-0.1, -0.05) is 18.2 Å². The largest absolute Gasteiger partial charge is 0.383 e. The van der Waals surface area contributed by atoms with Crippen molar-refractivity contribution < 1.29 is 5.11 Å². The molecule has 0 spiro atoms. The minimum absolute atomic E-state index is 0.498. The Bertz CT molecular complexity index is 476. The first kappa shape index (κ1) is 11.7. The molecular weight excluding hydrogens is 236 g/mol. The summed E-state index contributed by atoms with van der Waals surface area (Å²) in [6.07, 6.45) is 1.54. The van der Waals surface area contributed by atoms with E-state index in [4.69, 9.17) is 0 Å². The Morgan fingerprint density at radius 3 is 2.56 bits per heavy atom. The van der Waals surface area contributed by atoms with Crippen molar-refractivity contribution in [3.63, 3.8) is 0 Å². The number of thiophene rings is 1. The van der Waals surface area contributed by atoms with Gasteiger partial charge in [0.15, 0.2) is 0 Å². The Labute approximate surface area is 104 Å². The second-order valence-corrected chi connectivity index (χ2v) is 5.76. The Hall–Kier alpha value is -0.770. The van der Waals surface area contributed by atoms with Crippen molar-refractivity contribution in [2.45, 2.75) is 17.9 Å². The van der Waals surface area contributed by atoms with Crippen LogP contribution in [-0.4, -0.2) is 11.4 Å². The lowest BCUT2D eigenvalue weighted by Crippen LogP contribution is -1.98. The summed E-state index contributed by atoms with van der Waals surface area (Å²) < 4.78 is 0. The van der Waals surface area contributed by atoms with E-state index in [-0.39, 0.29) is 0 Å². The average molecular weight is 250 g/mol. The number of thioether (sulfide) groups is 1. The summed E-state index contributed by atoms with van der Waals surface area (Å²) in [5.74, 6) is 0. The van der Waals surface area contributed by atoms with Crippen LogP contribution >= 0.6 is 23.1 Å². The third-order valence-corrected chi connectivity index (χ3v) is 4.33. The molecular formula is C13H14OS2. The van der Waals surface area contributed by atoms with E-state index in [1.54, 1.807) is 23.1 Å². The fraction of sp³-hybridized carbons (Fsp3) is 0.231. The quantitative estimate of drug-likeness (QED) is 0.835. The molecule has 16 heavy (non-hydrogen) atoms. The minimum Gasteiger partial charge on any atom is -0.383 e. The Balaban J connectivity index is 2.36. The summed E-state index contributed by atoms with van der Waals surface area (Å²) in [5, 5.41) is 10.3. The molecule has 0 saturated carbocycles. The second kappa shape index (κ2) is 5.04. The topological polar surface area (TPSA) is 20.2 Å². The van der Waals surface area contributed by atoms with Crippen LogP contribution in [0.3, 0.4) is 0 Å². The molecule has 0 bridgehead atoms. The molecule has 1 heterocycles. The third-order valence-electron chi connectivity index (χ3n) is 2.46. The van der Waals surface area contributed by atoms with Gasteiger partial charge >= 0.3 is 0 Å². The molecule has 84 valence electrons. The molecule has 1 aromatic carbocycles. The predicted molar refractivity (Wildman–Crippen MR) is 71.3 cm³/mol. The second-order valence-electron chi connectivity index (χ2n) is 3.59. The molecule has 0 fully saturated rings. The highest BCUT2D eigenvalue weighted by molar-refractivity contribution is 7.98. The molecule has 0 aliphatic rings. The number of hydrogen-bond donors (Lipinski definition) is 1. The zero-order valence-corrected chi connectivity index (χ0v) is 10.9. The maximum Gasteiger partial charge on any atom is 0.114 e. The lowest BCUT2D eigenvalue weighted by Gasteiger charge is -2.12. The Kier molecular flexibility index (Phi) is 3.69. The van der Waals surface area contributed by atoms with Crippen molar-refractivity contribution in [1.29, 1.82) is 0 Å². The van der Waals surface area contributed by atoms with Crippen LogP contribution < -0.4 is 0 Å². The molecule has 0 aliphatic carbocycles. The van der Waals surface area contributed by atoms with Crippen molar-refractivity contribution >= 4 is 23.1 Å². The van der Waals surface area contributed by atoms with Crippen molar-refractivity contribution in [3.05, 3.63) is 51.7 Å². The lowest BCUT2D eigenvalue weighted by atomic mass is 10.1. The van der Waals surface area contributed by atoms with Gasteiger partial charge in [-0.2, -0.15) is 0 Å². The molecule has 2 aromatic rings. The van der Waals surface area contributed by atoms with Gasteiger partial charge in [-0.05, 0) is 36.9 Å². The first-order valence-electron chi connectivity index (χ1n) is 5.09. The predicted octanol–water partition coefficient (Wildman–Crippen LogP) is 3.86. The number of benzene rings is 1. The SMILES string of the molecule is CSc1ccccc1C(O)c1ccc(C)s1.